The van der Waals surface area contributed by atoms with Crippen molar-refractivity contribution in [2.24, 2.45) is 13.5 Å². The number of nitrogens with zero attached hydrogens (tertiary/aromatic N) is 3. The predicted molar refractivity (Wildman–Crippen MR) is 180 cm³/mol. The molecule has 0 aromatic heterocycles. The standard InChI is InChI=1S/C27H54N3O15P3/c1-7-34-16-22-40-46(43-25-19-37-13-10-31-4)28-47(41-23-17-35-8-2,44-26-20-38-14-11-32-5)30-48(29-46,42-24-18-36-9-3)45-27-21-39-15-12-33-6/h7-9H,1-3,10-27H2,4-6H3. The Morgan fingerprint density at radius 3 is 0.812 bits per heavy atom. The normalized spacial score (nSPS) is 21.8. The Bertz CT molecular complexity index is 882. The van der Waals surface area contributed by atoms with Gasteiger partial charge in [0.25, 0.3) is 0 Å². The highest BCUT2D eigenvalue weighted by atomic mass is 31.3. The van der Waals surface area contributed by atoms with Crippen molar-refractivity contribution >= 4 is 23.0 Å². The van der Waals surface area contributed by atoms with E-state index in [1.807, 2.05) is 0 Å². The summed E-state index contributed by atoms with van der Waals surface area (Å²) in [5.41, 5.74) is 0. The van der Waals surface area contributed by atoms with Gasteiger partial charge in [-0.1, -0.05) is 19.7 Å². The molecule has 0 bridgehead atoms. The van der Waals surface area contributed by atoms with E-state index in [4.69, 9.17) is 83.3 Å². The van der Waals surface area contributed by atoms with Crippen LogP contribution in [0.2, 0.25) is 0 Å². The van der Waals surface area contributed by atoms with E-state index < -0.39 is 23.0 Å². The summed E-state index contributed by atoms with van der Waals surface area (Å²) in [7, 11) is -6.31. The van der Waals surface area contributed by atoms with Gasteiger partial charge in [-0.3, -0.25) is 0 Å². The highest BCUT2D eigenvalue weighted by molar-refractivity contribution is 7.78. The average Bonchev–Trinajstić information content (AvgIpc) is 3.08. The second-order valence-electron chi connectivity index (χ2n) is 8.67. The van der Waals surface area contributed by atoms with Crippen LogP contribution in [0, 0.1) is 0 Å². The monoisotopic (exact) mass is 753 g/mol. The summed E-state index contributed by atoms with van der Waals surface area (Å²) in [5, 5.41) is 0. The molecule has 0 aromatic carbocycles. The van der Waals surface area contributed by atoms with Gasteiger partial charge in [0.05, 0.1) is 118 Å². The summed E-state index contributed by atoms with van der Waals surface area (Å²) in [4.78, 5) is 0. The van der Waals surface area contributed by atoms with Crippen LogP contribution in [0.3, 0.4) is 0 Å². The van der Waals surface area contributed by atoms with Crippen LogP contribution in [0.4, 0.5) is 0 Å². The van der Waals surface area contributed by atoms with E-state index in [-0.39, 0.29) is 79.3 Å². The van der Waals surface area contributed by atoms with Gasteiger partial charge in [-0.25, -0.2) is 0 Å². The molecule has 48 heavy (non-hydrogen) atoms. The molecule has 0 atom stereocenters. The zero-order chi connectivity index (χ0) is 35.1. The lowest BCUT2D eigenvalue weighted by Crippen LogP contribution is -2.14. The fraction of sp³-hybridized carbons (Fsp3) is 0.778. The van der Waals surface area contributed by atoms with E-state index in [1.165, 1.54) is 18.8 Å². The lowest BCUT2D eigenvalue weighted by atomic mass is 10.7. The third kappa shape index (κ3) is 20.5. The van der Waals surface area contributed by atoms with E-state index in [1.54, 1.807) is 21.3 Å². The molecule has 0 amide bonds. The van der Waals surface area contributed by atoms with Crippen LogP contribution in [0.1, 0.15) is 0 Å². The van der Waals surface area contributed by atoms with Crippen molar-refractivity contribution in [1.82, 2.24) is 0 Å². The van der Waals surface area contributed by atoms with Crippen molar-refractivity contribution in [3.05, 3.63) is 38.5 Å². The SMILES string of the molecule is C=COCCOP1(OCCOCCOC)=NP(OCCOC=C)(OCCOCCOC)=NP(OCCOC=C)(OCCOCCOC)=N1. The summed E-state index contributed by atoms with van der Waals surface area (Å²) in [6, 6.07) is 0. The van der Waals surface area contributed by atoms with E-state index in [2.05, 4.69) is 19.7 Å². The van der Waals surface area contributed by atoms with Gasteiger partial charge >= 0.3 is 23.0 Å². The van der Waals surface area contributed by atoms with E-state index >= 15 is 0 Å². The molecule has 0 aromatic rings. The van der Waals surface area contributed by atoms with Gasteiger partial charge in [-0.05, 0) is 0 Å². The maximum atomic E-state index is 6.31. The van der Waals surface area contributed by atoms with Gasteiger partial charge in [-0.2, -0.15) is 0 Å². The molecular formula is C27H54N3O15P3. The minimum absolute atomic E-state index is 0.0107. The molecular weight excluding hydrogens is 699 g/mol. The molecule has 1 heterocycles. The molecule has 0 spiro atoms. The highest BCUT2D eigenvalue weighted by Crippen LogP contribution is 2.80. The van der Waals surface area contributed by atoms with Crippen molar-refractivity contribution in [2.45, 2.75) is 0 Å². The molecule has 0 fully saturated rings. The van der Waals surface area contributed by atoms with Gasteiger partial charge in [-0.15, -0.1) is 13.5 Å². The molecule has 1 aliphatic rings. The summed E-state index contributed by atoms with van der Waals surface area (Å²) < 4.78 is 100. The molecule has 18 nitrogen and oxygen atoms in total. The van der Waals surface area contributed by atoms with Crippen molar-refractivity contribution in [2.75, 3.05) is 140 Å². The highest BCUT2D eigenvalue weighted by Gasteiger charge is 2.43. The summed E-state index contributed by atoms with van der Waals surface area (Å²) in [6.07, 6.45) is 3.88. The number of methoxy groups -OCH3 is 3. The molecule has 0 unspecified atom stereocenters. The third-order valence-corrected chi connectivity index (χ3v) is 13.7. The largest absolute Gasteiger partial charge is 0.499 e. The molecule has 0 saturated carbocycles. The number of ether oxygens (including phenoxy) is 9. The van der Waals surface area contributed by atoms with Gasteiger partial charge in [0.2, 0.25) is 0 Å². The predicted octanol–water partition coefficient (Wildman–Crippen LogP) is 5.41. The molecule has 0 N–H and O–H groups in total. The van der Waals surface area contributed by atoms with Crippen LogP contribution < -0.4 is 0 Å². The number of hydrogen-bond acceptors (Lipinski definition) is 18. The Morgan fingerprint density at radius 2 is 0.583 bits per heavy atom. The molecule has 0 aliphatic carbocycles. The van der Waals surface area contributed by atoms with Crippen LogP contribution >= 0.6 is 23.0 Å². The fourth-order valence-corrected chi connectivity index (χ4v) is 12.5. The van der Waals surface area contributed by atoms with Crippen molar-refractivity contribution in [1.29, 1.82) is 0 Å². The maximum absolute atomic E-state index is 6.31. The van der Waals surface area contributed by atoms with Crippen molar-refractivity contribution < 1.29 is 69.8 Å². The molecule has 21 heteroatoms. The van der Waals surface area contributed by atoms with Crippen LogP contribution in [0.15, 0.2) is 52.1 Å². The van der Waals surface area contributed by atoms with Crippen LogP contribution in [0.5, 0.6) is 0 Å². The zero-order valence-electron chi connectivity index (χ0n) is 28.4. The first kappa shape index (κ1) is 44.9. The first-order valence-corrected chi connectivity index (χ1v) is 19.7. The second-order valence-corrected chi connectivity index (χ2v) is 15.3. The second kappa shape index (κ2) is 29.5. The Kier molecular flexibility index (Phi) is 27.6. The summed E-state index contributed by atoms with van der Waals surface area (Å²) >= 11 is 0. The molecule has 282 valence electrons. The quantitative estimate of drug-likeness (QED) is 0.0451. The van der Waals surface area contributed by atoms with E-state index in [0.29, 0.717) is 39.6 Å². The first-order chi connectivity index (χ1) is 23.5. The van der Waals surface area contributed by atoms with Crippen LogP contribution in [-0.4, -0.2) is 140 Å². The Morgan fingerprint density at radius 1 is 0.354 bits per heavy atom. The van der Waals surface area contributed by atoms with Crippen molar-refractivity contribution in [3.63, 3.8) is 0 Å². The molecule has 1 aliphatic heterocycles. The van der Waals surface area contributed by atoms with E-state index in [9.17, 15) is 0 Å². The first-order valence-electron chi connectivity index (χ1n) is 15.1. The van der Waals surface area contributed by atoms with Gasteiger partial charge in [0, 0.05) is 21.3 Å². The Labute approximate surface area is 285 Å². The average molecular weight is 754 g/mol. The maximum Gasteiger partial charge on any atom is 0.349 e. The van der Waals surface area contributed by atoms with Crippen molar-refractivity contribution in [3.8, 4) is 0 Å². The molecule has 0 saturated heterocycles. The fourth-order valence-electron chi connectivity index (χ4n) is 3.15. The number of rotatable bonds is 36. The van der Waals surface area contributed by atoms with Gasteiger partial charge in [0.15, 0.2) is 0 Å². The van der Waals surface area contributed by atoms with Crippen LogP contribution in [-0.2, 0) is 69.8 Å². The Hall–Kier alpha value is -1.17. The smallest absolute Gasteiger partial charge is 0.349 e. The number of hydrogen-bond donors (Lipinski definition) is 0. The minimum Gasteiger partial charge on any atom is -0.499 e. The Balaban J connectivity index is 3.70. The minimum atomic E-state index is -3.69. The molecule has 0 radical (unpaired) electrons. The van der Waals surface area contributed by atoms with E-state index in [0.717, 1.165) is 0 Å². The third-order valence-electron chi connectivity index (χ3n) is 5.17. The summed E-state index contributed by atoms with van der Waals surface area (Å²) in [6.45, 7) is 14.1. The summed E-state index contributed by atoms with van der Waals surface area (Å²) in [5.74, 6) is 0. The van der Waals surface area contributed by atoms with Crippen LogP contribution in [0.25, 0.3) is 0 Å². The molecule has 1 rings (SSSR count). The van der Waals surface area contributed by atoms with Gasteiger partial charge in [0.1, 0.15) is 19.8 Å². The lowest BCUT2D eigenvalue weighted by Gasteiger charge is -2.33. The lowest BCUT2D eigenvalue weighted by molar-refractivity contribution is 0.0496. The van der Waals surface area contributed by atoms with Gasteiger partial charge < -0.3 is 69.8 Å². The zero-order valence-corrected chi connectivity index (χ0v) is 31.1. The topological polar surface area (TPSA) is 176 Å².